The van der Waals surface area contributed by atoms with E-state index in [1.54, 1.807) is 24.3 Å². The maximum absolute atomic E-state index is 12.4. The molecule has 0 bridgehead atoms. The molecule has 3 aromatic rings. The van der Waals surface area contributed by atoms with Gasteiger partial charge in [0.2, 0.25) is 0 Å². The molecule has 3 rings (SSSR count). The highest BCUT2D eigenvalue weighted by atomic mass is 32.1. The first-order valence-electron chi connectivity index (χ1n) is 8.03. The lowest BCUT2D eigenvalue weighted by molar-refractivity contribution is 0.0600. The van der Waals surface area contributed by atoms with Crippen LogP contribution in [0.4, 0.5) is 0 Å². The maximum atomic E-state index is 12.4. The number of carbonyl (C=O) groups is 2. The molecule has 134 valence electrons. The summed E-state index contributed by atoms with van der Waals surface area (Å²) < 4.78 is 13.0. The number of hydrogen-bond donors (Lipinski definition) is 0. The zero-order valence-corrected chi connectivity index (χ0v) is 15.5. The van der Waals surface area contributed by atoms with Crippen molar-refractivity contribution in [2.24, 2.45) is 12.0 Å². The van der Waals surface area contributed by atoms with Gasteiger partial charge in [0.25, 0.3) is 5.91 Å². The van der Waals surface area contributed by atoms with Crippen LogP contribution in [0.5, 0.6) is 5.75 Å². The highest BCUT2D eigenvalue weighted by molar-refractivity contribution is 7.16. The molecule has 0 radical (unpaired) electrons. The highest BCUT2D eigenvalue weighted by Gasteiger charge is 2.10. The Kier molecular flexibility index (Phi) is 5.18. The van der Waals surface area contributed by atoms with E-state index in [4.69, 9.17) is 4.74 Å². The van der Waals surface area contributed by atoms with Gasteiger partial charge in [-0.1, -0.05) is 11.3 Å². The molecular formula is C19H18N2O4S. The smallest absolute Gasteiger partial charge is 0.337 e. The number of carbonyl (C=O) groups excluding carboxylic acids is 2. The van der Waals surface area contributed by atoms with Gasteiger partial charge in [-0.15, -0.1) is 0 Å². The number of benzene rings is 2. The summed E-state index contributed by atoms with van der Waals surface area (Å²) in [5, 5.41) is 0. The third-order valence-electron chi connectivity index (χ3n) is 3.84. The van der Waals surface area contributed by atoms with E-state index in [1.807, 2.05) is 36.7 Å². The van der Waals surface area contributed by atoms with Crippen LogP contribution in [0.1, 0.15) is 27.6 Å². The molecule has 0 unspecified atom stereocenters. The fourth-order valence-corrected chi connectivity index (χ4v) is 3.54. The number of fused-ring (bicyclic) bond motifs is 1. The SMILES string of the molecule is CCOc1ccc2c(c1)sc(=NC(=O)c1ccc(C(=O)OC)cc1)n2C. The number of methoxy groups -OCH3 is 1. The Hall–Kier alpha value is -2.93. The van der Waals surface area contributed by atoms with Crippen molar-refractivity contribution in [3.63, 3.8) is 0 Å². The largest absolute Gasteiger partial charge is 0.494 e. The number of nitrogens with zero attached hydrogens (tertiary/aromatic N) is 2. The van der Waals surface area contributed by atoms with Crippen LogP contribution in [0.25, 0.3) is 10.2 Å². The van der Waals surface area contributed by atoms with E-state index in [9.17, 15) is 9.59 Å². The minimum atomic E-state index is -0.443. The van der Waals surface area contributed by atoms with Gasteiger partial charge in [0.1, 0.15) is 5.75 Å². The molecule has 1 aromatic heterocycles. The molecular weight excluding hydrogens is 352 g/mol. The predicted octanol–water partition coefficient (Wildman–Crippen LogP) is 3.17. The van der Waals surface area contributed by atoms with E-state index in [-0.39, 0.29) is 5.91 Å². The molecule has 0 aliphatic heterocycles. The second kappa shape index (κ2) is 7.53. The van der Waals surface area contributed by atoms with Gasteiger partial charge in [0.05, 0.1) is 29.5 Å². The van der Waals surface area contributed by atoms with Crippen molar-refractivity contribution in [3.05, 3.63) is 58.4 Å². The topological polar surface area (TPSA) is 69.9 Å². The van der Waals surface area contributed by atoms with Gasteiger partial charge in [-0.25, -0.2) is 4.79 Å². The van der Waals surface area contributed by atoms with Crippen LogP contribution >= 0.6 is 11.3 Å². The predicted molar refractivity (Wildman–Crippen MR) is 99.6 cm³/mol. The molecule has 1 heterocycles. The van der Waals surface area contributed by atoms with Crippen molar-refractivity contribution in [3.8, 4) is 5.75 Å². The summed E-state index contributed by atoms with van der Waals surface area (Å²) in [6.07, 6.45) is 0. The third-order valence-corrected chi connectivity index (χ3v) is 4.94. The Bertz CT molecular complexity index is 1030. The molecule has 0 aliphatic rings. The number of hydrogen-bond acceptors (Lipinski definition) is 5. The average Bonchev–Trinajstić information content (AvgIpc) is 2.96. The number of esters is 1. The lowest BCUT2D eigenvalue weighted by Gasteiger charge is -2.02. The van der Waals surface area contributed by atoms with Gasteiger partial charge in [0, 0.05) is 12.6 Å². The molecule has 0 saturated carbocycles. The number of amides is 1. The van der Waals surface area contributed by atoms with Gasteiger partial charge in [-0.05, 0) is 49.4 Å². The van der Waals surface area contributed by atoms with Crippen LogP contribution < -0.4 is 9.54 Å². The van der Waals surface area contributed by atoms with Gasteiger partial charge < -0.3 is 14.0 Å². The van der Waals surface area contributed by atoms with Gasteiger partial charge in [0.15, 0.2) is 4.80 Å². The summed E-state index contributed by atoms with van der Waals surface area (Å²) >= 11 is 1.42. The minimum absolute atomic E-state index is 0.367. The van der Waals surface area contributed by atoms with Crippen LogP contribution in [0.3, 0.4) is 0 Å². The Labute approximate surface area is 154 Å². The number of aryl methyl sites for hydroxylation is 1. The molecule has 6 nitrogen and oxygen atoms in total. The van der Waals surface area contributed by atoms with Crippen molar-refractivity contribution in [2.75, 3.05) is 13.7 Å². The second-order valence-electron chi connectivity index (χ2n) is 5.49. The molecule has 2 aromatic carbocycles. The van der Waals surface area contributed by atoms with Crippen LogP contribution in [0.15, 0.2) is 47.5 Å². The maximum Gasteiger partial charge on any atom is 0.337 e. The van der Waals surface area contributed by atoms with Gasteiger partial charge in [-0.3, -0.25) is 4.79 Å². The molecule has 0 N–H and O–H groups in total. The summed E-state index contributed by atoms with van der Waals surface area (Å²) in [5.74, 6) is -0.0197. The fourth-order valence-electron chi connectivity index (χ4n) is 2.50. The van der Waals surface area contributed by atoms with Crippen molar-refractivity contribution in [1.82, 2.24) is 4.57 Å². The average molecular weight is 370 g/mol. The molecule has 1 amide bonds. The van der Waals surface area contributed by atoms with E-state index >= 15 is 0 Å². The first kappa shape index (κ1) is 17.9. The molecule has 0 aliphatic carbocycles. The summed E-state index contributed by atoms with van der Waals surface area (Å²) in [4.78, 5) is 28.7. The van der Waals surface area contributed by atoms with Crippen LogP contribution in [-0.2, 0) is 11.8 Å². The molecule has 0 fully saturated rings. The number of rotatable bonds is 4. The number of ether oxygens (including phenoxy) is 2. The van der Waals surface area contributed by atoms with E-state index in [1.165, 1.54) is 18.4 Å². The molecule has 26 heavy (non-hydrogen) atoms. The van der Waals surface area contributed by atoms with Crippen molar-refractivity contribution < 1.29 is 19.1 Å². The summed E-state index contributed by atoms with van der Waals surface area (Å²) in [7, 11) is 3.18. The van der Waals surface area contributed by atoms with Gasteiger partial charge >= 0.3 is 5.97 Å². The monoisotopic (exact) mass is 370 g/mol. The van der Waals surface area contributed by atoms with Gasteiger partial charge in [-0.2, -0.15) is 4.99 Å². The zero-order valence-electron chi connectivity index (χ0n) is 14.7. The lowest BCUT2D eigenvalue weighted by atomic mass is 10.1. The molecule has 7 heteroatoms. The summed E-state index contributed by atoms with van der Waals surface area (Å²) in [6.45, 7) is 2.53. The Balaban J connectivity index is 1.94. The minimum Gasteiger partial charge on any atom is -0.494 e. The first-order valence-corrected chi connectivity index (χ1v) is 8.85. The Morgan fingerprint density at radius 2 is 1.81 bits per heavy atom. The third kappa shape index (κ3) is 3.52. The number of thiazole rings is 1. The van der Waals surface area contributed by atoms with Crippen LogP contribution in [-0.4, -0.2) is 30.2 Å². The van der Waals surface area contributed by atoms with Crippen LogP contribution in [0.2, 0.25) is 0 Å². The molecule has 0 atom stereocenters. The zero-order chi connectivity index (χ0) is 18.7. The van der Waals surface area contributed by atoms with Crippen LogP contribution in [0, 0.1) is 0 Å². The van der Waals surface area contributed by atoms with Crippen molar-refractivity contribution >= 4 is 33.4 Å². The normalized spacial score (nSPS) is 11.6. The van der Waals surface area contributed by atoms with Crippen molar-refractivity contribution in [2.45, 2.75) is 6.92 Å². The first-order chi connectivity index (χ1) is 12.5. The second-order valence-corrected chi connectivity index (χ2v) is 6.50. The fraction of sp³-hybridized carbons (Fsp3) is 0.211. The Morgan fingerprint density at radius 1 is 1.12 bits per heavy atom. The standard InChI is InChI=1S/C19H18N2O4S/c1-4-25-14-9-10-15-16(11-14)26-19(21(15)2)20-17(22)12-5-7-13(8-6-12)18(23)24-3/h5-11H,4H2,1-3H3. The summed E-state index contributed by atoms with van der Waals surface area (Å²) in [5.41, 5.74) is 1.77. The van der Waals surface area contributed by atoms with Crippen molar-refractivity contribution in [1.29, 1.82) is 0 Å². The van der Waals surface area contributed by atoms with E-state index in [2.05, 4.69) is 9.73 Å². The van der Waals surface area contributed by atoms with E-state index in [0.717, 1.165) is 16.0 Å². The number of aromatic nitrogens is 1. The van der Waals surface area contributed by atoms with E-state index < -0.39 is 5.97 Å². The molecule has 0 saturated heterocycles. The Morgan fingerprint density at radius 3 is 2.46 bits per heavy atom. The quantitative estimate of drug-likeness (QED) is 0.662. The summed E-state index contributed by atoms with van der Waals surface area (Å²) in [6, 6.07) is 12.0. The lowest BCUT2D eigenvalue weighted by Crippen LogP contribution is -2.13. The molecule has 0 spiro atoms. The highest BCUT2D eigenvalue weighted by Crippen LogP contribution is 2.22. The van der Waals surface area contributed by atoms with E-state index in [0.29, 0.717) is 22.5 Å².